The summed E-state index contributed by atoms with van der Waals surface area (Å²) in [6.07, 6.45) is 4.14. The second-order valence-electron chi connectivity index (χ2n) is 4.76. The summed E-state index contributed by atoms with van der Waals surface area (Å²) >= 11 is 0. The molecule has 0 unspecified atom stereocenters. The zero-order valence-electron chi connectivity index (χ0n) is 11.6. The van der Waals surface area contributed by atoms with Gasteiger partial charge >= 0.3 is 0 Å². The van der Waals surface area contributed by atoms with Gasteiger partial charge in [-0.25, -0.2) is 4.98 Å². The third-order valence-corrected chi connectivity index (χ3v) is 3.68. The largest absolute Gasteiger partial charge is 0.339 e. The van der Waals surface area contributed by atoms with E-state index in [1.54, 1.807) is 0 Å². The summed E-state index contributed by atoms with van der Waals surface area (Å²) in [5.41, 5.74) is 2.13. The van der Waals surface area contributed by atoms with Gasteiger partial charge in [-0.05, 0) is 32.7 Å². The van der Waals surface area contributed by atoms with Gasteiger partial charge in [-0.15, -0.1) is 5.10 Å². The van der Waals surface area contributed by atoms with Gasteiger partial charge in [-0.3, -0.25) is 0 Å². The molecule has 1 fully saturated rings. The molecule has 2 heterocycles. The molecular weight excluding hydrogens is 226 g/mol. The fraction of sp³-hybridized carbons (Fsp3) is 0.769. The van der Waals surface area contributed by atoms with Gasteiger partial charge in [0, 0.05) is 19.1 Å². The third-order valence-electron chi connectivity index (χ3n) is 3.68. The van der Waals surface area contributed by atoms with Crippen molar-refractivity contribution >= 4 is 5.95 Å². The number of nitrogens with zero attached hydrogens (tertiary/aromatic N) is 4. The van der Waals surface area contributed by atoms with Crippen LogP contribution in [-0.4, -0.2) is 41.4 Å². The van der Waals surface area contributed by atoms with E-state index in [1.807, 2.05) is 7.05 Å². The molecule has 0 aliphatic carbocycles. The molecule has 1 aliphatic heterocycles. The zero-order chi connectivity index (χ0) is 13.0. The van der Waals surface area contributed by atoms with Crippen molar-refractivity contribution in [1.82, 2.24) is 20.5 Å². The van der Waals surface area contributed by atoms with E-state index in [9.17, 15) is 0 Å². The molecule has 1 aromatic rings. The molecule has 100 valence electrons. The van der Waals surface area contributed by atoms with Gasteiger partial charge in [-0.1, -0.05) is 13.8 Å². The molecule has 0 bridgehead atoms. The van der Waals surface area contributed by atoms with Crippen LogP contribution in [0.2, 0.25) is 0 Å². The maximum atomic E-state index is 4.67. The van der Waals surface area contributed by atoms with E-state index >= 15 is 0 Å². The average molecular weight is 249 g/mol. The molecule has 0 saturated carbocycles. The average Bonchev–Trinajstić information content (AvgIpc) is 2.46. The van der Waals surface area contributed by atoms with E-state index in [0.29, 0.717) is 6.04 Å². The van der Waals surface area contributed by atoms with E-state index < -0.39 is 0 Å². The Morgan fingerprint density at radius 1 is 1.11 bits per heavy atom. The van der Waals surface area contributed by atoms with Crippen molar-refractivity contribution in [3.63, 3.8) is 0 Å². The molecule has 1 saturated heterocycles. The number of aryl methyl sites for hydroxylation is 2. The standard InChI is InChI=1S/C13H23N5/c1-4-11-12(5-2)16-17-13(15-11)18-8-6-10(14-3)7-9-18/h10,14H,4-9H2,1-3H3. The Bertz CT molecular complexity index is 385. The van der Waals surface area contributed by atoms with Crippen molar-refractivity contribution in [3.8, 4) is 0 Å². The normalized spacial score (nSPS) is 17.2. The number of hydrogen-bond donors (Lipinski definition) is 1. The highest BCUT2D eigenvalue weighted by molar-refractivity contribution is 5.31. The first kappa shape index (κ1) is 13.2. The van der Waals surface area contributed by atoms with Crippen molar-refractivity contribution in [2.24, 2.45) is 0 Å². The van der Waals surface area contributed by atoms with Gasteiger partial charge in [-0.2, -0.15) is 5.10 Å². The van der Waals surface area contributed by atoms with Gasteiger partial charge < -0.3 is 10.2 Å². The second kappa shape index (κ2) is 6.09. The fourth-order valence-electron chi connectivity index (χ4n) is 2.43. The predicted octanol–water partition coefficient (Wildman–Crippen LogP) is 1.18. The first-order chi connectivity index (χ1) is 8.78. The van der Waals surface area contributed by atoms with Crippen molar-refractivity contribution in [1.29, 1.82) is 0 Å². The van der Waals surface area contributed by atoms with Gasteiger partial charge in [0.1, 0.15) is 0 Å². The molecule has 18 heavy (non-hydrogen) atoms. The minimum Gasteiger partial charge on any atom is -0.339 e. The third kappa shape index (κ3) is 2.77. The molecule has 0 atom stereocenters. The lowest BCUT2D eigenvalue weighted by Crippen LogP contribution is -2.42. The zero-order valence-corrected chi connectivity index (χ0v) is 11.6. The fourth-order valence-corrected chi connectivity index (χ4v) is 2.43. The van der Waals surface area contributed by atoms with Gasteiger partial charge in [0.05, 0.1) is 11.4 Å². The Morgan fingerprint density at radius 2 is 1.78 bits per heavy atom. The smallest absolute Gasteiger partial charge is 0.245 e. The van der Waals surface area contributed by atoms with Crippen molar-refractivity contribution in [2.75, 3.05) is 25.0 Å². The van der Waals surface area contributed by atoms with Crippen LogP contribution >= 0.6 is 0 Å². The molecule has 0 amide bonds. The Hall–Kier alpha value is -1.23. The monoisotopic (exact) mass is 249 g/mol. The summed E-state index contributed by atoms with van der Waals surface area (Å²) < 4.78 is 0. The molecule has 1 aliphatic rings. The first-order valence-electron chi connectivity index (χ1n) is 6.93. The minimum absolute atomic E-state index is 0.634. The number of piperidine rings is 1. The summed E-state index contributed by atoms with van der Waals surface area (Å²) in [7, 11) is 2.03. The summed E-state index contributed by atoms with van der Waals surface area (Å²) in [6.45, 7) is 6.26. The van der Waals surface area contributed by atoms with E-state index in [4.69, 9.17) is 0 Å². The van der Waals surface area contributed by atoms with Crippen LogP contribution in [0.15, 0.2) is 0 Å². The Labute approximate surface area is 109 Å². The first-order valence-corrected chi connectivity index (χ1v) is 6.93. The van der Waals surface area contributed by atoms with Gasteiger partial charge in [0.2, 0.25) is 5.95 Å². The quantitative estimate of drug-likeness (QED) is 0.868. The highest BCUT2D eigenvalue weighted by Crippen LogP contribution is 2.16. The summed E-state index contributed by atoms with van der Waals surface area (Å²) in [5.74, 6) is 0.804. The highest BCUT2D eigenvalue weighted by atomic mass is 15.3. The van der Waals surface area contributed by atoms with Crippen LogP contribution in [0.5, 0.6) is 0 Å². The number of anilines is 1. The van der Waals surface area contributed by atoms with Gasteiger partial charge in [0.15, 0.2) is 0 Å². The van der Waals surface area contributed by atoms with E-state index in [2.05, 4.69) is 39.2 Å². The van der Waals surface area contributed by atoms with Crippen LogP contribution < -0.4 is 10.2 Å². The molecule has 2 rings (SSSR count). The van der Waals surface area contributed by atoms with Crippen LogP contribution in [0.25, 0.3) is 0 Å². The van der Waals surface area contributed by atoms with Crippen LogP contribution in [-0.2, 0) is 12.8 Å². The predicted molar refractivity (Wildman–Crippen MR) is 72.9 cm³/mol. The molecule has 0 spiro atoms. The van der Waals surface area contributed by atoms with Crippen LogP contribution in [0.4, 0.5) is 5.95 Å². The van der Waals surface area contributed by atoms with Crippen molar-refractivity contribution < 1.29 is 0 Å². The van der Waals surface area contributed by atoms with Crippen LogP contribution in [0.1, 0.15) is 38.1 Å². The summed E-state index contributed by atoms with van der Waals surface area (Å²) in [6, 6.07) is 0.634. The maximum Gasteiger partial charge on any atom is 0.245 e. The van der Waals surface area contributed by atoms with Crippen molar-refractivity contribution in [3.05, 3.63) is 11.4 Å². The Kier molecular flexibility index (Phi) is 4.47. The lowest BCUT2D eigenvalue weighted by molar-refractivity contribution is 0.437. The minimum atomic E-state index is 0.634. The van der Waals surface area contributed by atoms with Crippen LogP contribution in [0, 0.1) is 0 Å². The molecule has 5 nitrogen and oxygen atoms in total. The van der Waals surface area contributed by atoms with E-state index in [1.165, 1.54) is 0 Å². The van der Waals surface area contributed by atoms with Crippen LogP contribution in [0.3, 0.4) is 0 Å². The van der Waals surface area contributed by atoms with E-state index in [-0.39, 0.29) is 0 Å². The molecular formula is C13H23N5. The molecule has 1 aromatic heterocycles. The number of rotatable bonds is 4. The number of nitrogens with one attached hydrogen (secondary N) is 1. The highest BCUT2D eigenvalue weighted by Gasteiger charge is 2.20. The topological polar surface area (TPSA) is 53.9 Å². The summed E-state index contributed by atoms with van der Waals surface area (Å²) in [4.78, 5) is 6.92. The molecule has 0 radical (unpaired) electrons. The van der Waals surface area contributed by atoms with E-state index in [0.717, 1.165) is 56.1 Å². The Balaban J connectivity index is 2.09. The molecule has 1 N–H and O–H groups in total. The molecule has 5 heteroatoms. The maximum absolute atomic E-state index is 4.67. The van der Waals surface area contributed by atoms with Gasteiger partial charge in [0.25, 0.3) is 0 Å². The number of aromatic nitrogens is 3. The lowest BCUT2D eigenvalue weighted by atomic mass is 10.1. The molecule has 0 aromatic carbocycles. The lowest BCUT2D eigenvalue weighted by Gasteiger charge is -2.31. The van der Waals surface area contributed by atoms with Crippen molar-refractivity contribution in [2.45, 2.75) is 45.6 Å². The Morgan fingerprint density at radius 3 is 2.33 bits per heavy atom. The second-order valence-corrected chi connectivity index (χ2v) is 4.76. The summed E-state index contributed by atoms with van der Waals surface area (Å²) in [5, 5.41) is 11.9. The SMILES string of the molecule is CCc1nnc(N2CCC(NC)CC2)nc1CC. The number of hydrogen-bond acceptors (Lipinski definition) is 5.